The summed E-state index contributed by atoms with van der Waals surface area (Å²) in [5, 5.41) is 3.58. The summed E-state index contributed by atoms with van der Waals surface area (Å²) in [6.45, 7) is 0.372. The van der Waals surface area contributed by atoms with E-state index in [1.807, 2.05) is 0 Å². The van der Waals surface area contributed by atoms with Crippen molar-refractivity contribution in [2.75, 3.05) is 0 Å². The van der Waals surface area contributed by atoms with Gasteiger partial charge >= 0.3 is 0 Å². The molecule has 0 saturated heterocycles. The largest absolute Gasteiger partial charge is 0.359 e. The molecule has 0 saturated carbocycles. The van der Waals surface area contributed by atoms with Crippen LogP contribution >= 0.6 is 31.9 Å². The molecule has 0 atom stereocenters. The molecular weight excluding hydrogens is 328 g/mol. The van der Waals surface area contributed by atoms with Crippen molar-refractivity contribution < 1.29 is 4.52 Å². The van der Waals surface area contributed by atoms with Crippen LogP contribution in [0.2, 0.25) is 0 Å². The van der Waals surface area contributed by atoms with Crippen molar-refractivity contribution in [3.63, 3.8) is 0 Å². The van der Waals surface area contributed by atoms with E-state index in [-0.39, 0.29) is 5.56 Å². The smallest absolute Gasteiger partial charge is 0.265 e. The Morgan fingerprint density at radius 3 is 2.93 bits per heavy atom. The van der Waals surface area contributed by atoms with Gasteiger partial charge in [0.2, 0.25) is 0 Å². The molecule has 0 fully saturated rings. The molecular formula is C9H6Br2N2O2. The predicted octanol–water partition coefficient (Wildman–Crippen LogP) is 2.41. The first-order chi connectivity index (χ1) is 7.16. The summed E-state index contributed by atoms with van der Waals surface area (Å²) in [6, 6.07) is 3.43. The number of aromatic nitrogens is 2. The minimum Gasteiger partial charge on any atom is -0.359 e. The van der Waals surface area contributed by atoms with Gasteiger partial charge in [-0.15, -0.1) is 0 Å². The van der Waals surface area contributed by atoms with E-state index in [9.17, 15) is 4.79 Å². The van der Waals surface area contributed by atoms with Gasteiger partial charge in [0.15, 0.2) is 5.76 Å². The SMILES string of the molecule is O=c1c(Br)cc(Br)cn1Cc1ccno1. The van der Waals surface area contributed by atoms with Gasteiger partial charge in [-0.25, -0.2) is 0 Å². The normalized spacial score (nSPS) is 10.5. The number of hydrogen-bond acceptors (Lipinski definition) is 3. The monoisotopic (exact) mass is 332 g/mol. The molecule has 2 heterocycles. The van der Waals surface area contributed by atoms with E-state index in [2.05, 4.69) is 37.0 Å². The third kappa shape index (κ3) is 2.38. The van der Waals surface area contributed by atoms with Crippen molar-refractivity contribution in [2.24, 2.45) is 0 Å². The van der Waals surface area contributed by atoms with E-state index in [0.717, 1.165) is 4.47 Å². The van der Waals surface area contributed by atoms with Gasteiger partial charge in [0, 0.05) is 16.7 Å². The van der Waals surface area contributed by atoms with E-state index < -0.39 is 0 Å². The highest BCUT2D eigenvalue weighted by atomic mass is 79.9. The molecule has 0 radical (unpaired) electrons. The third-order valence-electron chi connectivity index (χ3n) is 1.83. The van der Waals surface area contributed by atoms with E-state index >= 15 is 0 Å². The maximum absolute atomic E-state index is 11.7. The maximum Gasteiger partial charge on any atom is 0.265 e. The number of hydrogen-bond donors (Lipinski definition) is 0. The van der Waals surface area contributed by atoms with Gasteiger partial charge in [-0.2, -0.15) is 0 Å². The van der Waals surface area contributed by atoms with Crippen LogP contribution in [0.4, 0.5) is 0 Å². The molecule has 0 aliphatic rings. The van der Waals surface area contributed by atoms with Crippen LogP contribution in [-0.2, 0) is 6.54 Å². The Morgan fingerprint density at radius 2 is 2.27 bits per heavy atom. The minimum atomic E-state index is -0.102. The van der Waals surface area contributed by atoms with Crippen LogP contribution in [0.15, 0.2) is 42.8 Å². The van der Waals surface area contributed by atoms with E-state index in [4.69, 9.17) is 4.52 Å². The second kappa shape index (κ2) is 4.32. The summed E-state index contributed by atoms with van der Waals surface area (Å²) < 4.78 is 7.81. The zero-order chi connectivity index (χ0) is 10.8. The van der Waals surface area contributed by atoms with Crippen LogP contribution < -0.4 is 5.56 Å². The summed E-state index contributed by atoms with van der Waals surface area (Å²) in [5.41, 5.74) is -0.102. The molecule has 15 heavy (non-hydrogen) atoms. The summed E-state index contributed by atoms with van der Waals surface area (Å²) in [6.07, 6.45) is 3.25. The molecule has 2 aromatic rings. The molecule has 0 aliphatic heterocycles. The van der Waals surface area contributed by atoms with Crippen molar-refractivity contribution in [3.05, 3.63) is 49.6 Å². The second-order valence-corrected chi connectivity index (χ2v) is 4.69. The lowest BCUT2D eigenvalue weighted by Gasteiger charge is -2.04. The van der Waals surface area contributed by atoms with Crippen molar-refractivity contribution in [2.45, 2.75) is 6.54 Å². The molecule has 0 aromatic carbocycles. The number of pyridine rings is 1. The average molecular weight is 334 g/mol. The Bertz CT molecular complexity index is 519. The van der Waals surface area contributed by atoms with E-state index in [1.165, 1.54) is 4.57 Å². The van der Waals surface area contributed by atoms with Crippen LogP contribution in [0.1, 0.15) is 5.76 Å². The fourth-order valence-electron chi connectivity index (χ4n) is 1.17. The molecule has 78 valence electrons. The molecule has 0 amide bonds. The van der Waals surface area contributed by atoms with Crippen molar-refractivity contribution in [1.82, 2.24) is 9.72 Å². The molecule has 0 unspecified atom stereocenters. The van der Waals surface area contributed by atoms with Gasteiger partial charge in [0.25, 0.3) is 5.56 Å². The van der Waals surface area contributed by atoms with E-state index in [1.54, 1.807) is 24.5 Å². The average Bonchev–Trinajstić information content (AvgIpc) is 2.66. The van der Waals surface area contributed by atoms with Crippen molar-refractivity contribution in [3.8, 4) is 0 Å². The van der Waals surface area contributed by atoms with Crippen molar-refractivity contribution in [1.29, 1.82) is 0 Å². The Balaban J connectivity index is 2.41. The first-order valence-electron chi connectivity index (χ1n) is 4.12. The van der Waals surface area contributed by atoms with Gasteiger partial charge in [-0.3, -0.25) is 4.79 Å². The van der Waals surface area contributed by atoms with Gasteiger partial charge in [-0.05, 0) is 37.9 Å². The topological polar surface area (TPSA) is 48.0 Å². The summed E-state index contributed by atoms with van der Waals surface area (Å²) in [4.78, 5) is 11.7. The fraction of sp³-hybridized carbons (Fsp3) is 0.111. The predicted molar refractivity (Wildman–Crippen MR) is 61.7 cm³/mol. The van der Waals surface area contributed by atoms with Gasteiger partial charge in [0.05, 0.1) is 17.2 Å². The number of rotatable bonds is 2. The zero-order valence-electron chi connectivity index (χ0n) is 7.48. The van der Waals surface area contributed by atoms with Crippen LogP contribution in [0.5, 0.6) is 0 Å². The lowest BCUT2D eigenvalue weighted by atomic mass is 10.4. The lowest BCUT2D eigenvalue weighted by Crippen LogP contribution is -2.20. The van der Waals surface area contributed by atoms with E-state index in [0.29, 0.717) is 16.8 Å². The summed E-state index contributed by atoms with van der Waals surface area (Å²) >= 11 is 6.51. The first kappa shape index (κ1) is 10.6. The Hall–Kier alpha value is -0.880. The highest BCUT2D eigenvalue weighted by Crippen LogP contribution is 2.13. The minimum absolute atomic E-state index is 0.102. The number of halogens is 2. The first-order valence-corrected chi connectivity index (χ1v) is 5.70. The Labute approximate surface area is 102 Å². The second-order valence-electron chi connectivity index (χ2n) is 2.92. The summed E-state index contributed by atoms with van der Waals surface area (Å²) in [7, 11) is 0. The molecule has 4 nitrogen and oxygen atoms in total. The molecule has 2 rings (SSSR count). The molecule has 0 N–H and O–H groups in total. The van der Waals surface area contributed by atoms with Crippen LogP contribution in [-0.4, -0.2) is 9.72 Å². The summed E-state index contributed by atoms with van der Waals surface area (Å²) in [5.74, 6) is 0.641. The highest BCUT2D eigenvalue weighted by Gasteiger charge is 2.05. The van der Waals surface area contributed by atoms with Gasteiger partial charge in [0.1, 0.15) is 0 Å². The maximum atomic E-state index is 11.7. The molecule has 2 aromatic heterocycles. The molecule has 0 spiro atoms. The van der Waals surface area contributed by atoms with Crippen LogP contribution in [0.3, 0.4) is 0 Å². The third-order valence-corrected chi connectivity index (χ3v) is 2.83. The quantitative estimate of drug-likeness (QED) is 0.848. The fourth-order valence-corrected chi connectivity index (χ4v) is 2.43. The van der Waals surface area contributed by atoms with Crippen LogP contribution in [0, 0.1) is 0 Å². The molecule has 0 aliphatic carbocycles. The van der Waals surface area contributed by atoms with Crippen LogP contribution in [0.25, 0.3) is 0 Å². The van der Waals surface area contributed by atoms with Crippen molar-refractivity contribution >= 4 is 31.9 Å². The lowest BCUT2D eigenvalue weighted by molar-refractivity contribution is 0.375. The van der Waals surface area contributed by atoms with Gasteiger partial charge < -0.3 is 9.09 Å². The number of nitrogens with zero attached hydrogens (tertiary/aromatic N) is 2. The zero-order valence-corrected chi connectivity index (χ0v) is 10.7. The Morgan fingerprint density at radius 1 is 1.47 bits per heavy atom. The highest BCUT2D eigenvalue weighted by molar-refractivity contribution is 9.11. The van der Waals surface area contributed by atoms with Gasteiger partial charge in [-0.1, -0.05) is 5.16 Å². The Kier molecular flexibility index (Phi) is 3.06. The molecule has 6 heteroatoms. The molecule has 0 bridgehead atoms. The standard InChI is InChI=1S/C9H6Br2N2O2/c10-6-3-8(11)9(14)13(4-6)5-7-1-2-12-15-7/h1-4H,5H2.